The molecule has 0 fully saturated rings. The lowest BCUT2D eigenvalue weighted by Gasteiger charge is -2.25. The number of likely N-dealkylation sites (N-methyl/N-ethyl adjacent to an activating group) is 1. The van der Waals surface area contributed by atoms with E-state index in [1.54, 1.807) is 0 Å². The lowest BCUT2D eigenvalue weighted by molar-refractivity contribution is -0.117. The summed E-state index contributed by atoms with van der Waals surface area (Å²) in [5.41, 5.74) is 0.423. The molecule has 6 heteroatoms. The Bertz CT molecular complexity index is 631. The largest absolute Gasteiger partial charge is 0.504 e. The summed E-state index contributed by atoms with van der Waals surface area (Å²) in [6.45, 7) is 8.65. The van der Waals surface area contributed by atoms with Gasteiger partial charge in [0.15, 0.2) is 11.5 Å². The molecule has 1 aromatic rings. The Balaban J connectivity index is 2.87. The smallest absolute Gasteiger partial charge is 0.262 e. The molecule has 1 unspecified atom stereocenters. The zero-order valence-corrected chi connectivity index (χ0v) is 14.4. The molecule has 1 aromatic carbocycles. The van der Waals surface area contributed by atoms with Gasteiger partial charge in [0.2, 0.25) is 0 Å². The monoisotopic (exact) mass is 331 g/mol. The molecule has 0 aliphatic carbocycles. The molecule has 0 saturated heterocycles. The second-order valence-electron chi connectivity index (χ2n) is 5.48. The van der Waals surface area contributed by atoms with Gasteiger partial charge in [0.1, 0.15) is 11.6 Å². The van der Waals surface area contributed by atoms with E-state index in [9.17, 15) is 20.3 Å². The second-order valence-corrected chi connectivity index (χ2v) is 5.48. The van der Waals surface area contributed by atoms with Crippen molar-refractivity contribution in [2.24, 2.45) is 0 Å². The van der Waals surface area contributed by atoms with Gasteiger partial charge in [0, 0.05) is 12.6 Å². The van der Waals surface area contributed by atoms with Crippen LogP contribution >= 0.6 is 0 Å². The average molecular weight is 331 g/mol. The number of carbonyl (C=O) groups excluding carboxylic acids is 1. The van der Waals surface area contributed by atoms with E-state index in [4.69, 9.17) is 0 Å². The number of carbonyl (C=O) groups is 1. The van der Waals surface area contributed by atoms with Crippen LogP contribution in [-0.4, -0.2) is 46.7 Å². The first-order chi connectivity index (χ1) is 11.4. The minimum atomic E-state index is -0.441. The molecule has 1 atom stereocenters. The average Bonchev–Trinajstić information content (AvgIpc) is 2.59. The van der Waals surface area contributed by atoms with Crippen molar-refractivity contribution in [3.05, 3.63) is 29.3 Å². The van der Waals surface area contributed by atoms with Gasteiger partial charge in [0.05, 0.1) is 0 Å². The molecular formula is C18H25N3O3. The van der Waals surface area contributed by atoms with Crippen LogP contribution in [0.25, 0.3) is 6.08 Å². The normalized spacial score (nSPS) is 12.7. The number of phenols is 2. The summed E-state index contributed by atoms with van der Waals surface area (Å²) in [7, 11) is 0. The summed E-state index contributed by atoms with van der Waals surface area (Å²) in [5.74, 6) is -0.987. The van der Waals surface area contributed by atoms with Crippen molar-refractivity contribution in [1.82, 2.24) is 10.2 Å². The fourth-order valence-electron chi connectivity index (χ4n) is 2.28. The molecule has 3 N–H and O–H groups in total. The summed E-state index contributed by atoms with van der Waals surface area (Å²) in [5, 5.41) is 30.9. The fraction of sp³-hybridized carbons (Fsp3) is 0.444. The van der Waals surface area contributed by atoms with Crippen LogP contribution in [0, 0.1) is 11.3 Å². The van der Waals surface area contributed by atoms with Gasteiger partial charge >= 0.3 is 0 Å². The van der Waals surface area contributed by atoms with Gasteiger partial charge in [-0.25, -0.2) is 0 Å². The van der Waals surface area contributed by atoms with E-state index in [1.165, 1.54) is 24.3 Å². The van der Waals surface area contributed by atoms with Crippen LogP contribution in [0.2, 0.25) is 0 Å². The highest BCUT2D eigenvalue weighted by Gasteiger charge is 2.16. The fourth-order valence-corrected chi connectivity index (χ4v) is 2.28. The minimum Gasteiger partial charge on any atom is -0.504 e. The Labute approximate surface area is 143 Å². The highest BCUT2D eigenvalue weighted by molar-refractivity contribution is 6.01. The standard InChI is InChI=1S/C18H25N3O3/c1-4-15(12-21(5-2)6-3)20-18(24)14(11-19)9-13-7-8-16(22)17(23)10-13/h7-10,15,22-23H,4-6,12H2,1-3H3,(H,20,24)/b14-9+. The molecule has 130 valence electrons. The summed E-state index contributed by atoms with van der Waals surface area (Å²) >= 11 is 0. The number of hydrogen-bond acceptors (Lipinski definition) is 5. The number of phenolic OH excluding ortho intramolecular Hbond substituents is 2. The quantitative estimate of drug-likeness (QED) is 0.386. The first-order valence-electron chi connectivity index (χ1n) is 8.12. The molecule has 0 radical (unpaired) electrons. The molecule has 0 aliphatic rings. The van der Waals surface area contributed by atoms with Gasteiger partial charge in [-0.1, -0.05) is 26.8 Å². The van der Waals surface area contributed by atoms with E-state index in [1.807, 2.05) is 13.0 Å². The number of benzene rings is 1. The number of nitrogens with zero attached hydrogens (tertiary/aromatic N) is 2. The van der Waals surface area contributed by atoms with Crippen LogP contribution in [0.15, 0.2) is 23.8 Å². The van der Waals surface area contributed by atoms with E-state index >= 15 is 0 Å². The number of aromatic hydroxyl groups is 2. The van der Waals surface area contributed by atoms with Crippen molar-refractivity contribution in [3.63, 3.8) is 0 Å². The van der Waals surface area contributed by atoms with Crippen LogP contribution in [0.3, 0.4) is 0 Å². The van der Waals surface area contributed by atoms with Gasteiger partial charge in [-0.3, -0.25) is 4.79 Å². The highest BCUT2D eigenvalue weighted by Crippen LogP contribution is 2.25. The molecule has 1 rings (SSSR count). The Morgan fingerprint density at radius 1 is 1.29 bits per heavy atom. The van der Waals surface area contributed by atoms with Crippen molar-refractivity contribution in [3.8, 4) is 17.6 Å². The lowest BCUT2D eigenvalue weighted by atomic mass is 10.1. The number of nitriles is 1. The second kappa shape index (κ2) is 9.58. The predicted molar refractivity (Wildman–Crippen MR) is 93.4 cm³/mol. The summed E-state index contributed by atoms with van der Waals surface area (Å²) < 4.78 is 0. The third-order valence-electron chi connectivity index (χ3n) is 3.88. The Morgan fingerprint density at radius 2 is 1.96 bits per heavy atom. The number of rotatable bonds is 8. The zero-order chi connectivity index (χ0) is 18.1. The molecule has 6 nitrogen and oxygen atoms in total. The van der Waals surface area contributed by atoms with Crippen LogP contribution in [-0.2, 0) is 4.79 Å². The Kier molecular flexibility index (Phi) is 7.80. The minimum absolute atomic E-state index is 0.0395. The number of amides is 1. The molecule has 1 amide bonds. The van der Waals surface area contributed by atoms with E-state index in [0.717, 1.165) is 26.1 Å². The number of hydrogen-bond donors (Lipinski definition) is 3. The van der Waals surface area contributed by atoms with Crippen LogP contribution in [0.1, 0.15) is 32.8 Å². The van der Waals surface area contributed by atoms with Crippen molar-refractivity contribution in [2.75, 3.05) is 19.6 Å². The molecule has 0 aliphatic heterocycles. The first-order valence-corrected chi connectivity index (χ1v) is 8.12. The van der Waals surface area contributed by atoms with Crippen LogP contribution in [0.4, 0.5) is 0 Å². The number of nitrogens with one attached hydrogen (secondary N) is 1. The summed E-state index contributed by atoms with van der Waals surface area (Å²) in [4.78, 5) is 14.5. The Morgan fingerprint density at radius 3 is 2.46 bits per heavy atom. The van der Waals surface area contributed by atoms with Gasteiger partial charge < -0.3 is 20.4 Å². The van der Waals surface area contributed by atoms with Gasteiger partial charge in [-0.05, 0) is 43.3 Å². The van der Waals surface area contributed by atoms with Gasteiger partial charge in [-0.2, -0.15) is 5.26 Å². The third-order valence-corrected chi connectivity index (χ3v) is 3.88. The maximum atomic E-state index is 12.3. The van der Waals surface area contributed by atoms with Crippen LogP contribution in [0.5, 0.6) is 11.5 Å². The van der Waals surface area contributed by atoms with Crippen molar-refractivity contribution < 1.29 is 15.0 Å². The molecule has 24 heavy (non-hydrogen) atoms. The van der Waals surface area contributed by atoms with E-state index in [2.05, 4.69) is 24.1 Å². The molecule has 0 heterocycles. The van der Waals surface area contributed by atoms with Gasteiger partial charge in [0.25, 0.3) is 5.91 Å². The van der Waals surface area contributed by atoms with Crippen molar-refractivity contribution in [1.29, 1.82) is 5.26 Å². The zero-order valence-electron chi connectivity index (χ0n) is 14.4. The maximum Gasteiger partial charge on any atom is 0.262 e. The molecular weight excluding hydrogens is 306 g/mol. The van der Waals surface area contributed by atoms with Crippen molar-refractivity contribution in [2.45, 2.75) is 33.2 Å². The molecule has 0 aromatic heterocycles. The highest BCUT2D eigenvalue weighted by atomic mass is 16.3. The lowest BCUT2D eigenvalue weighted by Crippen LogP contribution is -2.43. The Hall–Kier alpha value is -2.52. The summed E-state index contributed by atoms with van der Waals surface area (Å²) in [6, 6.07) is 5.98. The SMILES string of the molecule is CCC(CN(CC)CC)NC(=O)/C(C#N)=C/c1ccc(O)c(O)c1. The summed E-state index contributed by atoms with van der Waals surface area (Å²) in [6.07, 6.45) is 2.15. The van der Waals surface area contributed by atoms with E-state index in [0.29, 0.717) is 5.56 Å². The van der Waals surface area contributed by atoms with Crippen LogP contribution < -0.4 is 5.32 Å². The molecule has 0 spiro atoms. The molecule has 0 saturated carbocycles. The maximum absolute atomic E-state index is 12.3. The predicted octanol–water partition coefficient (Wildman–Crippen LogP) is 2.24. The van der Waals surface area contributed by atoms with E-state index < -0.39 is 5.91 Å². The molecule has 0 bridgehead atoms. The topological polar surface area (TPSA) is 96.6 Å². The third kappa shape index (κ3) is 5.60. The van der Waals surface area contributed by atoms with E-state index in [-0.39, 0.29) is 23.1 Å². The first kappa shape index (κ1) is 19.5. The van der Waals surface area contributed by atoms with Crippen molar-refractivity contribution >= 4 is 12.0 Å². The van der Waals surface area contributed by atoms with Gasteiger partial charge in [-0.15, -0.1) is 0 Å².